The number of hydrogen-bond donors (Lipinski definition) is 2. The summed E-state index contributed by atoms with van der Waals surface area (Å²) < 4.78 is 1.55. The van der Waals surface area contributed by atoms with E-state index in [1.54, 1.807) is 10.9 Å². The molecule has 72 valence electrons. The first-order chi connectivity index (χ1) is 5.79. The van der Waals surface area contributed by atoms with Crippen LogP contribution in [0, 0.1) is 0 Å². The summed E-state index contributed by atoms with van der Waals surface area (Å²) in [5, 5.41) is 15.8. The molecule has 0 spiro atoms. The van der Waals surface area contributed by atoms with Crippen molar-refractivity contribution in [1.82, 2.24) is 15.1 Å². The van der Waals surface area contributed by atoms with Crippen molar-refractivity contribution in [3.05, 3.63) is 18.0 Å². The van der Waals surface area contributed by atoms with Gasteiger partial charge in [-0.15, -0.1) is 12.4 Å². The lowest BCUT2D eigenvalue weighted by molar-refractivity contribution is -0.141. The molecule has 1 atom stereocenters. The van der Waals surface area contributed by atoms with Crippen LogP contribution in [-0.2, 0) is 11.3 Å². The molecular weight excluding hydrogens is 194 g/mol. The van der Waals surface area contributed by atoms with Gasteiger partial charge in [0, 0.05) is 19.3 Å². The smallest absolute Gasteiger partial charge is 0.329 e. The molecule has 0 aliphatic carbocycles. The van der Waals surface area contributed by atoms with Crippen LogP contribution in [-0.4, -0.2) is 27.4 Å². The summed E-state index contributed by atoms with van der Waals surface area (Å²) >= 11 is 0. The number of rotatable bonds is 1. The molecule has 1 aromatic heterocycles. The van der Waals surface area contributed by atoms with Crippen molar-refractivity contribution in [3.8, 4) is 0 Å². The number of nitrogens with zero attached hydrogens (tertiary/aromatic N) is 2. The fraction of sp³-hybridized carbons (Fsp3) is 0.429. The molecular formula is C7H10ClN3O2. The first kappa shape index (κ1) is 10.0. The number of fused-ring (bicyclic) bond motifs is 1. The van der Waals surface area contributed by atoms with Crippen LogP contribution in [0.15, 0.2) is 12.3 Å². The van der Waals surface area contributed by atoms with Gasteiger partial charge < -0.3 is 10.4 Å². The molecule has 0 radical (unpaired) electrons. The van der Waals surface area contributed by atoms with E-state index in [-0.39, 0.29) is 12.4 Å². The van der Waals surface area contributed by atoms with Gasteiger partial charge in [0.25, 0.3) is 0 Å². The number of aromatic nitrogens is 2. The molecule has 1 aromatic rings. The maximum absolute atomic E-state index is 10.7. The van der Waals surface area contributed by atoms with E-state index in [1.807, 2.05) is 6.07 Å². The van der Waals surface area contributed by atoms with Gasteiger partial charge in [0.1, 0.15) is 0 Å². The Labute approximate surface area is 81.2 Å². The predicted octanol–water partition coefficient (Wildman–Crippen LogP) is 0.0338. The van der Waals surface area contributed by atoms with Crippen LogP contribution in [0.25, 0.3) is 0 Å². The summed E-state index contributed by atoms with van der Waals surface area (Å²) in [6.07, 6.45) is 1.62. The van der Waals surface area contributed by atoms with Crippen molar-refractivity contribution < 1.29 is 9.90 Å². The number of hydrogen-bond acceptors (Lipinski definition) is 3. The van der Waals surface area contributed by atoms with Crippen molar-refractivity contribution in [1.29, 1.82) is 0 Å². The molecule has 1 aliphatic heterocycles. The Morgan fingerprint density at radius 2 is 2.54 bits per heavy atom. The molecule has 0 bridgehead atoms. The summed E-state index contributed by atoms with van der Waals surface area (Å²) in [6.45, 7) is 1.15. The minimum absolute atomic E-state index is 0. The Balaban J connectivity index is 0.000000845. The van der Waals surface area contributed by atoms with Gasteiger partial charge in [0.15, 0.2) is 6.04 Å². The lowest BCUT2D eigenvalue weighted by atomic mass is 10.2. The SMILES string of the molecule is Cl.O=C(O)C1CNCc2ccnn21. The average Bonchev–Trinajstić information content (AvgIpc) is 2.49. The van der Waals surface area contributed by atoms with Gasteiger partial charge >= 0.3 is 5.97 Å². The third-order valence-electron chi connectivity index (χ3n) is 1.98. The van der Waals surface area contributed by atoms with Gasteiger partial charge in [0.05, 0.1) is 5.69 Å². The number of aliphatic carboxylic acids is 1. The second-order valence-electron chi connectivity index (χ2n) is 2.75. The molecule has 0 saturated carbocycles. The minimum Gasteiger partial charge on any atom is -0.480 e. The molecule has 0 saturated heterocycles. The van der Waals surface area contributed by atoms with Crippen LogP contribution in [0.5, 0.6) is 0 Å². The summed E-state index contributed by atoms with van der Waals surface area (Å²) in [5.74, 6) is -0.841. The Kier molecular flexibility index (Phi) is 2.90. The second-order valence-corrected chi connectivity index (χ2v) is 2.75. The molecule has 5 nitrogen and oxygen atoms in total. The molecule has 1 aliphatic rings. The molecule has 2 heterocycles. The van der Waals surface area contributed by atoms with E-state index in [9.17, 15) is 4.79 Å². The predicted molar refractivity (Wildman–Crippen MR) is 47.9 cm³/mol. The topological polar surface area (TPSA) is 67.2 Å². The van der Waals surface area contributed by atoms with E-state index in [1.165, 1.54) is 0 Å². The maximum Gasteiger partial charge on any atom is 0.329 e. The Morgan fingerprint density at radius 1 is 1.77 bits per heavy atom. The quantitative estimate of drug-likeness (QED) is 0.676. The first-order valence-corrected chi connectivity index (χ1v) is 3.75. The summed E-state index contributed by atoms with van der Waals surface area (Å²) in [6, 6.07) is 1.27. The van der Waals surface area contributed by atoms with Gasteiger partial charge in [-0.1, -0.05) is 0 Å². The second kappa shape index (κ2) is 3.76. The largest absolute Gasteiger partial charge is 0.480 e. The van der Waals surface area contributed by atoms with Crippen molar-refractivity contribution >= 4 is 18.4 Å². The monoisotopic (exact) mass is 203 g/mol. The Bertz CT molecular complexity index is 312. The minimum atomic E-state index is -0.841. The zero-order valence-corrected chi connectivity index (χ0v) is 7.62. The standard InChI is InChI=1S/C7H9N3O2.ClH/c11-7(12)6-4-8-3-5-1-2-9-10(5)6;/h1-2,6,8H,3-4H2,(H,11,12);1H. The normalized spacial score (nSPS) is 20.2. The van der Waals surface area contributed by atoms with E-state index < -0.39 is 12.0 Å². The molecule has 2 N–H and O–H groups in total. The zero-order valence-electron chi connectivity index (χ0n) is 6.80. The molecule has 13 heavy (non-hydrogen) atoms. The van der Waals surface area contributed by atoms with Crippen LogP contribution in [0.2, 0.25) is 0 Å². The maximum atomic E-state index is 10.7. The number of halogens is 1. The Hall–Kier alpha value is -1.07. The van der Waals surface area contributed by atoms with Crippen LogP contribution in [0.1, 0.15) is 11.7 Å². The fourth-order valence-corrected chi connectivity index (χ4v) is 1.38. The molecule has 0 aromatic carbocycles. The molecule has 1 unspecified atom stereocenters. The van der Waals surface area contributed by atoms with E-state index in [2.05, 4.69) is 10.4 Å². The van der Waals surface area contributed by atoms with Crippen LogP contribution < -0.4 is 5.32 Å². The number of carbonyl (C=O) groups is 1. The highest BCUT2D eigenvalue weighted by atomic mass is 35.5. The van der Waals surface area contributed by atoms with Crippen LogP contribution in [0.4, 0.5) is 0 Å². The Morgan fingerprint density at radius 3 is 3.23 bits per heavy atom. The average molecular weight is 204 g/mol. The summed E-state index contributed by atoms with van der Waals surface area (Å²) in [5.41, 5.74) is 0.925. The van der Waals surface area contributed by atoms with Gasteiger partial charge in [-0.25, -0.2) is 4.79 Å². The highest BCUT2D eigenvalue weighted by Crippen LogP contribution is 2.13. The molecule has 2 rings (SSSR count). The van der Waals surface area contributed by atoms with Crippen molar-refractivity contribution in [2.24, 2.45) is 0 Å². The van der Waals surface area contributed by atoms with E-state index in [4.69, 9.17) is 5.11 Å². The fourth-order valence-electron chi connectivity index (χ4n) is 1.38. The van der Waals surface area contributed by atoms with Crippen molar-refractivity contribution in [3.63, 3.8) is 0 Å². The van der Waals surface area contributed by atoms with E-state index >= 15 is 0 Å². The third kappa shape index (κ3) is 1.66. The zero-order chi connectivity index (χ0) is 8.55. The molecule has 6 heteroatoms. The summed E-state index contributed by atoms with van der Waals surface area (Å²) in [7, 11) is 0. The van der Waals surface area contributed by atoms with E-state index in [0.717, 1.165) is 5.69 Å². The van der Waals surface area contributed by atoms with Gasteiger partial charge in [-0.2, -0.15) is 5.10 Å². The lowest BCUT2D eigenvalue weighted by Gasteiger charge is -2.21. The molecule has 0 amide bonds. The third-order valence-corrected chi connectivity index (χ3v) is 1.98. The first-order valence-electron chi connectivity index (χ1n) is 3.75. The highest BCUT2D eigenvalue weighted by molar-refractivity contribution is 5.85. The van der Waals surface area contributed by atoms with Crippen LogP contribution in [0.3, 0.4) is 0 Å². The van der Waals surface area contributed by atoms with Gasteiger partial charge in [-0.05, 0) is 6.07 Å². The van der Waals surface area contributed by atoms with Crippen molar-refractivity contribution in [2.45, 2.75) is 12.6 Å². The van der Waals surface area contributed by atoms with E-state index in [0.29, 0.717) is 13.1 Å². The van der Waals surface area contributed by atoms with Gasteiger partial charge in [-0.3, -0.25) is 4.68 Å². The summed E-state index contributed by atoms with van der Waals surface area (Å²) in [4.78, 5) is 10.7. The lowest BCUT2D eigenvalue weighted by Crippen LogP contribution is -2.37. The molecule has 0 fully saturated rings. The highest BCUT2D eigenvalue weighted by Gasteiger charge is 2.25. The van der Waals surface area contributed by atoms with Gasteiger partial charge in [0.2, 0.25) is 0 Å². The van der Waals surface area contributed by atoms with Crippen molar-refractivity contribution in [2.75, 3.05) is 6.54 Å². The van der Waals surface area contributed by atoms with Crippen LogP contribution >= 0.6 is 12.4 Å². The number of carboxylic acids is 1. The number of carboxylic acid groups (broad SMARTS) is 1. The number of nitrogens with one attached hydrogen (secondary N) is 1.